The van der Waals surface area contributed by atoms with Gasteiger partial charge in [0.05, 0.1) is 5.30 Å². The summed E-state index contributed by atoms with van der Waals surface area (Å²) in [5.41, 5.74) is 1.72. The van der Waals surface area contributed by atoms with Crippen molar-refractivity contribution in [3.8, 4) is 5.75 Å². The number of halogens is 1. The van der Waals surface area contributed by atoms with Gasteiger partial charge in [0.25, 0.3) is 0 Å². The first kappa shape index (κ1) is 18.3. The van der Waals surface area contributed by atoms with Gasteiger partial charge in [-0.25, -0.2) is 0 Å². The number of anilines is 1. The Morgan fingerprint density at radius 3 is 2.31 bits per heavy atom. The highest BCUT2D eigenvalue weighted by Crippen LogP contribution is 2.70. The second kappa shape index (κ2) is 6.66. The Kier molecular flexibility index (Phi) is 4.20. The molecule has 5 rings (SSSR count). The molecule has 0 radical (unpaired) electrons. The number of rotatable bonds is 3. The molecule has 0 aromatic heterocycles. The number of hydrogen-bond donors (Lipinski definition) is 1. The number of nitrogens with one attached hydrogen (secondary N) is 1. The van der Waals surface area contributed by atoms with E-state index in [0.29, 0.717) is 16.1 Å². The summed E-state index contributed by atoms with van der Waals surface area (Å²) in [6.07, 6.45) is 0. The van der Waals surface area contributed by atoms with Crippen LogP contribution >= 0.6 is 19.0 Å². The van der Waals surface area contributed by atoms with Gasteiger partial charge in [-0.2, -0.15) is 0 Å². The summed E-state index contributed by atoms with van der Waals surface area (Å²) < 4.78 is 20.9. The quantitative estimate of drug-likeness (QED) is 0.372. The lowest BCUT2D eigenvalue weighted by Crippen LogP contribution is -2.33. The lowest BCUT2D eigenvalue weighted by molar-refractivity contribution is 0.490. The fourth-order valence-corrected chi connectivity index (χ4v) is 6.71. The van der Waals surface area contributed by atoms with Crippen LogP contribution in [-0.4, -0.2) is 0 Å². The maximum Gasteiger partial charge on any atom is 0.306 e. The first-order chi connectivity index (χ1) is 14.0. The molecule has 0 bridgehead atoms. The van der Waals surface area contributed by atoms with Gasteiger partial charge in [0.1, 0.15) is 5.75 Å². The van der Waals surface area contributed by atoms with Crippen LogP contribution in [0.5, 0.6) is 5.75 Å². The van der Waals surface area contributed by atoms with E-state index in [2.05, 4.69) is 11.4 Å². The van der Waals surface area contributed by atoms with Crippen LogP contribution in [0, 0.1) is 0 Å². The van der Waals surface area contributed by atoms with Crippen molar-refractivity contribution >= 4 is 40.7 Å². The minimum atomic E-state index is -3.35. The zero-order chi connectivity index (χ0) is 20.1. The van der Waals surface area contributed by atoms with Crippen LogP contribution in [0.2, 0.25) is 5.02 Å². The van der Waals surface area contributed by atoms with Crippen molar-refractivity contribution in [1.29, 1.82) is 0 Å². The van der Waals surface area contributed by atoms with Crippen molar-refractivity contribution < 1.29 is 9.09 Å². The first-order valence-electron chi connectivity index (χ1n) is 9.43. The topological polar surface area (TPSA) is 38.3 Å². The molecule has 0 saturated heterocycles. The van der Waals surface area contributed by atoms with Crippen LogP contribution in [0.1, 0.15) is 12.5 Å². The van der Waals surface area contributed by atoms with E-state index < -0.39 is 12.6 Å². The predicted molar refractivity (Wildman–Crippen MR) is 121 cm³/mol. The molecule has 1 aliphatic heterocycles. The fourth-order valence-electron chi connectivity index (χ4n) is 3.99. The molecular weight excluding hydrogens is 401 g/mol. The van der Waals surface area contributed by atoms with E-state index in [1.165, 1.54) is 0 Å². The molecule has 1 N–H and O–H groups in total. The Labute approximate surface area is 174 Å². The predicted octanol–water partition coefficient (Wildman–Crippen LogP) is 6.77. The van der Waals surface area contributed by atoms with Crippen molar-refractivity contribution in [3.05, 3.63) is 102 Å². The summed E-state index contributed by atoms with van der Waals surface area (Å²) in [6, 6.07) is 28.9. The summed E-state index contributed by atoms with van der Waals surface area (Å²) >= 11 is 6.05. The molecule has 1 aliphatic rings. The smallest absolute Gasteiger partial charge is 0.306 e. The molecule has 3 nitrogen and oxygen atoms in total. The van der Waals surface area contributed by atoms with E-state index in [1.54, 1.807) is 0 Å². The Balaban J connectivity index is 1.75. The molecule has 0 fully saturated rings. The summed E-state index contributed by atoms with van der Waals surface area (Å²) in [4.78, 5) is 0. The minimum absolute atomic E-state index is 0.654. The maximum absolute atomic E-state index is 14.5. The normalized spacial score (nSPS) is 22.8. The van der Waals surface area contributed by atoms with E-state index in [0.717, 1.165) is 22.0 Å². The molecule has 0 amide bonds. The first-order valence-corrected chi connectivity index (χ1v) is 11.4. The Morgan fingerprint density at radius 2 is 1.55 bits per heavy atom. The van der Waals surface area contributed by atoms with Crippen molar-refractivity contribution in [2.45, 2.75) is 12.2 Å². The van der Waals surface area contributed by atoms with Gasteiger partial charge in [0, 0.05) is 21.7 Å². The molecule has 1 heterocycles. The average Bonchev–Trinajstić information content (AvgIpc) is 2.98. The Hall–Kier alpha value is -2.74. The lowest BCUT2D eigenvalue weighted by atomic mass is 10.0. The van der Waals surface area contributed by atoms with Gasteiger partial charge in [-0.05, 0) is 48.7 Å². The standard InChI is InChI=1S/C24H19ClNO2P/c1-24(26-19-14-12-18(25)13-15-19)22-16-11-17-7-5-6-10-21(17)23(22)28-29(24,27)20-8-3-2-4-9-20/h2-16,26H,1H3/t24-,29?/m0/s1. The molecule has 0 spiro atoms. The summed E-state index contributed by atoms with van der Waals surface area (Å²) in [5.74, 6) is 0.680. The highest BCUT2D eigenvalue weighted by atomic mass is 35.5. The van der Waals surface area contributed by atoms with Gasteiger partial charge in [-0.1, -0.05) is 66.2 Å². The lowest BCUT2D eigenvalue weighted by Gasteiger charge is -2.32. The third-order valence-electron chi connectivity index (χ3n) is 5.54. The largest absolute Gasteiger partial charge is 0.437 e. The second-order valence-electron chi connectivity index (χ2n) is 7.35. The zero-order valence-corrected chi connectivity index (χ0v) is 17.5. The molecule has 4 aromatic carbocycles. The average molecular weight is 420 g/mol. The summed E-state index contributed by atoms with van der Waals surface area (Å²) in [5, 5.41) is 5.93. The molecule has 29 heavy (non-hydrogen) atoms. The molecule has 0 aliphatic carbocycles. The molecule has 4 aromatic rings. The van der Waals surface area contributed by atoms with Gasteiger partial charge >= 0.3 is 7.37 Å². The second-order valence-corrected chi connectivity index (χ2v) is 10.5. The van der Waals surface area contributed by atoms with Crippen molar-refractivity contribution in [2.75, 3.05) is 5.32 Å². The molecule has 0 saturated carbocycles. The van der Waals surface area contributed by atoms with Crippen molar-refractivity contribution in [3.63, 3.8) is 0 Å². The molecule has 144 valence electrons. The van der Waals surface area contributed by atoms with E-state index in [1.807, 2.05) is 91.9 Å². The molecule has 1 unspecified atom stereocenters. The number of fused-ring (bicyclic) bond motifs is 3. The van der Waals surface area contributed by atoms with E-state index in [9.17, 15) is 4.57 Å². The highest BCUT2D eigenvalue weighted by molar-refractivity contribution is 7.69. The zero-order valence-electron chi connectivity index (χ0n) is 15.8. The van der Waals surface area contributed by atoms with Crippen molar-refractivity contribution in [1.82, 2.24) is 0 Å². The molecular formula is C24H19ClNO2P. The number of benzene rings is 4. The fraction of sp³-hybridized carbons (Fsp3) is 0.0833. The van der Waals surface area contributed by atoms with Gasteiger partial charge in [0.15, 0.2) is 5.28 Å². The molecule has 5 heteroatoms. The third-order valence-corrected chi connectivity index (χ3v) is 8.74. The van der Waals surface area contributed by atoms with Crippen LogP contribution in [0.4, 0.5) is 5.69 Å². The molecule has 2 atom stereocenters. The summed E-state index contributed by atoms with van der Waals surface area (Å²) in [7, 11) is -3.35. The maximum atomic E-state index is 14.5. The summed E-state index contributed by atoms with van der Waals surface area (Å²) in [6.45, 7) is 1.95. The van der Waals surface area contributed by atoms with E-state index in [-0.39, 0.29) is 0 Å². The Bertz CT molecular complexity index is 1260. The number of hydrogen-bond acceptors (Lipinski definition) is 3. The van der Waals surface area contributed by atoms with Crippen molar-refractivity contribution in [2.24, 2.45) is 0 Å². The van der Waals surface area contributed by atoms with Crippen LogP contribution < -0.4 is 15.1 Å². The van der Waals surface area contributed by atoms with Crippen LogP contribution in [0.25, 0.3) is 10.8 Å². The van der Waals surface area contributed by atoms with Gasteiger partial charge in [0.2, 0.25) is 0 Å². The minimum Gasteiger partial charge on any atom is -0.437 e. The highest BCUT2D eigenvalue weighted by Gasteiger charge is 2.56. The van der Waals surface area contributed by atoms with E-state index in [4.69, 9.17) is 16.1 Å². The Morgan fingerprint density at radius 1 is 0.862 bits per heavy atom. The van der Waals surface area contributed by atoms with Crippen LogP contribution in [0.15, 0.2) is 91.0 Å². The third kappa shape index (κ3) is 2.77. The van der Waals surface area contributed by atoms with E-state index >= 15 is 0 Å². The monoisotopic (exact) mass is 419 g/mol. The van der Waals surface area contributed by atoms with Gasteiger partial charge in [-0.3, -0.25) is 4.57 Å². The van der Waals surface area contributed by atoms with Gasteiger partial charge < -0.3 is 9.84 Å². The SMILES string of the molecule is C[C@@]1(Nc2ccc(Cl)cc2)c2ccc3ccccc3c2OP1(=O)c1ccccc1. The van der Waals surface area contributed by atoms with Gasteiger partial charge in [-0.15, -0.1) is 0 Å². The van der Waals surface area contributed by atoms with Crippen LogP contribution in [0.3, 0.4) is 0 Å². The van der Waals surface area contributed by atoms with Crippen LogP contribution in [-0.2, 0) is 9.85 Å².